The highest BCUT2D eigenvalue weighted by atomic mass is 31.2. The summed E-state index contributed by atoms with van der Waals surface area (Å²) in [5, 5.41) is 0. The predicted molar refractivity (Wildman–Crippen MR) is 335 cm³/mol. The Kier molecular flexibility index (Phi) is 59.8. The molecule has 9 nitrogen and oxygen atoms in total. The number of likely N-dealkylation sites (N-methyl/N-ethyl adjacent to an activating group) is 1. The Morgan fingerprint density at radius 3 is 0.821 bits per heavy atom. The minimum Gasteiger partial charge on any atom is -0.462 e. The zero-order valence-electron chi connectivity index (χ0n) is 53.2. The van der Waals surface area contributed by atoms with Crippen LogP contribution in [0.3, 0.4) is 0 Å². The number of phosphoric ester groups is 1. The Morgan fingerprint density at radius 2 is 0.577 bits per heavy atom. The Morgan fingerprint density at radius 1 is 0.346 bits per heavy atom. The van der Waals surface area contributed by atoms with Crippen molar-refractivity contribution < 1.29 is 42.1 Å². The van der Waals surface area contributed by atoms with Crippen LogP contribution < -0.4 is 0 Å². The van der Waals surface area contributed by atoms with E-state index in [1.165, 1.54) is 308 Å². The molecule has 0 aliphatic rings. The van der Waals surface area contributed by atoms with Gasteiger partial charge in [0.2, 0.25) is 0 Å². The van der Waals surface area contributed by atoms with Gasteiger partial charge in [-0.15, -0.1) is 0 Å². The normalized spacial score (nSPS) is 13.1. The second kappa shape index (κ2) is 60.6. The van der Waals surface area contributed by atoms with Crippen molar-refractivity contribution in [2.24, 2.45) is 0 Å². The molecule has 1 N–H and O–H groups in total. The Labute approximate surface area is 486 Å². The van der Waals surface area contributed by atoms with Gasteiger partial charge in [0.05, 0.1) is 27.7 Å². The molecule has 2 unspecified atom stereocenters. The molecule has 0 radical (unpaired) electrons. The van der Waals surface area contributed by atoms with Crippen LogP contribution in [0, 0.1) is 0 Å². The lowest BCUT2D eigenvalue weighted by atomic mass is 10.0. The van der Waals surface area contributed by atoms with Gasteiger partial charge in [-0.3, -0.25) is 18.6 Å². The van der Waals surface area contributed by atoms with Crippen LogP contribution in [0.5, 0.6) is 0 Å². The van der Waals surface area contributed by atoms with E-state index >= 15 is 0 Å². The number of hydrogen-bond donors (Lipinski definition) is 1. The molecular formula is C68H137NO8P+. The summed E-state index contributed by atoms with van der Waals surface area (Å²) in [5.41, 5.74) is 0. The minimum atomic E-state index is -4.38. The molecule has 78 heavy (non-hydrogen) atoms. The molecule has 0 rings (SSSR count). The second-order valence-corrected chi connectivity index (χ2v) is 26.7. The van der Waals surface area contributed by atoms with E-state index in [4.69, 9.17) is 18.5 Å². The van der Waals surface area contributed by atoms with Gasteiger partial charge in [0.1, 0.15) is 19.8 Å². The topological polar surface area (TPSA) is 108 Å². The largest absolute Gasteiger partial charge is 0.472 e. The zero-order chi connectivity index (χ0) is 57.0. The molecule has 0 fully saturated rings. The van der Waals surface area contributed by atoms with Crippen molar-refractivity contribution >= 4 is 19.8 Å². The van der Waals surface area contributed by atoms with E-state index in [0.717, 1.165) is 38.5 Å². The van der Waals surface area contributed by atoms with Crippen molar-refractivity contribution in [3.8, 4) is 0 Å². The van der Waals surface area contributed by atoms with Crippen LogP contribution in [0.4, 0.5) is 0 Å². The number of carbonyl (C=O) groups excluding carboxylic acids is 2. The Hall–Kier alpha value is -0.990. The van der Waals surface area contributed by atoms with Gasteiger partial charge in [-0.2, -0.15) is 0 Å². The van der Waals surface area contributed by atoms with E-state index in [1.807, 2.05) is 21.1 Å². The van der Waals surface area contributed by atoms with E-state index in [-0.39, 0.29) is 25.6 Å². The third-order valence-corrected chi connectivity index (χ3v) is 17.1. The van der Waals surface area contributed by atoms with Crippen molar-refractivity contribution in [2.75, 3.05) is 47.5 Å². The molecule has 0 aromatic rings. The smallest absolute Gasteiger partial charge is 0.462 e. The summed E-state index contributed by atoms with van der Waals surface area (Å²) in [6.07, 6.45) is 72.2. The monoisotopic (exact) mass is 1130 g/mol. The fourth-order valence-electron chi connectivity index (χ4n) is 10.8. The summed E-state index contributed by atoms with van der Waals surface area (Å²) >= 11 is 0. The van der Waals surface area contributed by atoms with E-state index in [1.54, 1.807) is 0 Å². The molecule has 466 valence electrons. The molecular weight excluding hydrogens is 990 g/mol. The quantitative estimate of drug-likeness (QED) is 0.0278. The van der Waals surface area contributed by atoms with Gasteiger partial charge in [0, 0.05) is 12.8 Å². The lowest BCUT2D eigenvalue weighted by Gasteiger charge is -2.24. The van der Waals surface area contributed by atoms with Gasteiger partial charge in [-0.25, -0.2) is 4.57 Å². The van der Waals surface area contributed by atoms with Gasteiger partial charge in [0.15, 0.2) is 6.10 Å². The van der Waals surface area contributed by atoms with Crippen LogP contribution in [0.15, 0.2) is 0 Å². The standard InChI is InChI=1S/C68H136NO8P/c1-6-8-10-12-14-16-18-20-22-24-26-28-29-30-31-32-33-34-35-36-37-38-39-41-43-45-47-49-51-53-55-57-59-61-68(71)77-66(65-76-78(72,73)75-63-62-69(3,4)5)64-74-67(70)60-58-56-54-52-50-48-46-44-42-40-27-25-23-21-19-17-15-13-11-9-7-2/h66H,6-65H2,1-5H3/p+1. The average Bonchev–Trinajstić information content (AvgIpc) is 3.41. The fourth-order valence-corrected chi connectivity index (χ4v) is 11.5. The van der Waals surface area contributed by atoms with Crippen LogP contribution in [-0.4, -0.2) is 74.9 Å². The molecule has 0 saturated carbocycles. The number of quaternary nitrogens is 1. The first-order valence-electron chi connectivity index (χ1n) is 34.8. The second-order valence-electron chi connectivity index (χ2n) is 25.3. The first-order chi connectivity index (χ1) is 38.0. The molecule has 0 aliphatic heterocycles. The summed E-state index contributed by atoms with van der Waals surface area (Å²) < 4.78 is 34.7. The van der Waals surface area contributed by atoms with Gasteiger partial charge >= 0.3 is 19.8 Å². The molecule has 0 aliphatic carbocycles. The molecule has 0 aromatic carbocycles. The summed E-state index contributed by atoms with van der Waals surface area (Å²) in [6, 6.07) is 0. The van der Waals surface area contributed by atoms with Crippen molar-refractivity contribution in [3.63, 3.8) is 0 Å². The third kappa shape index (κ3) is 64.2. The van der Waals surface area contributed by atoms with Crippen molar-refractivity contribution in [1.29, 1.82) is 0 Å². The lowest BCUT2D eigenvalue weighted by molar-refractivity contribution is -0.870. The number of unbranched alkanes of at least 4 members (excludes halogenated alkanes) is 52. The molecule has 10 heteroatoms. The highest BCUT2D eigenvalue weighted by Crippen LogP contribution is 2.43. The highest BCUT2D eigenvalue weighted by molar-refractivity contribution is 7.47. The van der Waals surface area contributed by atoms with Gasteiger partial charge in [-0.05, 0) is 12.8 Å². The van der Waals surface area contributed by atoms with Crippen LogP contribution in [0.2, 0.25) is 0 Å². The fraction of sp³-hybridized carbons (Fsp3) is 0.971. The number of nitrogens with zero attached hydrogens (tertiary/aromatic N) is 1. The molecule has 2 atom stereocenters. The van der Waals surface area contributed by atoms with E-state index in [0.29, 0.717) is 17.4 Å². The number of ether oxygens (including phenoxy) is 2. The van der Waals surface area contributed by atoms with Gasteiger partial charge in [0.25, 0.3) is 0 Å². The van der Waals surface area contributed by atoms with Crippen LogP contribution in [0.1, 0.15) is 373 Å². The summed E-state index contributed by atoms with van der Waals surface area (Å²) in [7, 11) is 1.51. The number of hydrogen-bond acceptors (Lipinski definition) is 7. The maximum Gasteiger partial charge on any atom is 0.472 e. The molecule has 0 spiro atoms. The van der Waals surface area contributed by atoms with Crippen molar-refractivity contribution in [2.45, 2.75) is 380 Å². The average molecular weight is 1130 g/mol. The number of phosphoric acid groups is 1. The zero-order valence-corrected chi connectivity index (χ0v) is 54.1. The van der Waals surface area contributed by atoms with E-state index in [9.17, 15) is 19.0 Å². The van der Waals surface area contributed by atoms with Gasteiger partial charge < -0.3 is 18.9 Å². The summed E-state index contributed by atoms with van der Waals surface area (Å²) in [6.45, 7) is 4.53. The lowest BCUT2D eigenvalue weighted by Crippen LogP contribution is -2.37. The van der Waals surface area contributed by atoms with Crippen molar-refractivity contribution in [3.05, 3.63) is 0 Å². The maximum absolute atomic E-state index is 12.9. The van der Waals surface area contributed by atoms with Crippen LogP contribution in [-0.2, 0) is 32.7 Å². The van der Waals surface area contributed by atoms with Crippen LogP contribution >= 0.6 is 7.82 Å². The number of esters is 2. The first kappa shape index (κ1) is 77.0. The molecule has 0 aromatic heterocycles. The number of carbonyl (C=O) groups is 2. The Bertz CT molecular complexity index is 1280. The summed E-state index contributed by atoms with van der Waals surface area (Å²) in [5.74, 6) is -0.768. The first-order valence-corrected chi connectivity index (χ1v) is 36.3. The van der Waals surface area contributed by atoms with E-state index < -0.39 is 26.5 Å². The summed E-state index contributed by atoms with van der Waals surface area (Å²) in [4.78, 5) is 35.8. The molecule has 0 amide bonds. The Balaban J connectivity index is 3.94. The number of rotatable bonds is 66. The van der Waals surface area contributed by atoms with Crippen LogP contribution in [0.25, 0.3) is 0 Å². The molecule has 0 bridgehead atoms. The van der Waals surface area contributed by atoms with E-state index in [2.05, 4.69) is 13.8 Å². The van der Waals surface area contributed by atoms with Crippen molar-refractivity contribution in [1.82, 2.24) is 0 Å². The maximum atomic E-state index is 12.9. The SMILES string of the molecule is CCCCCCCCCCCCCCCCCCCCCCCCCCCCCCCCCCCC(=O)OC(COC(=O)CCCCCCCCCCCCCCCCCCCCCCC)COP(=O)(O)OCC[N+](C)(C)C. The minimum absolute atomic E-state index is 0.0377. The third-order valence-electron chi connectivity index (χ3n) is 16.1. The highest BCUT2D eigenvalue weighted by Gasteiger charge is 2.27. The predicted octanol–water partition coefficient (Wildman–Crippen LogP) is 22.2. The molecule has 0 saturated heterocycles. The van der Waals surface area contributed by atoms with Gasteiger partial charge in [-0.1, -0.05) is 348 Å². The molecule has 0 heterocycles.